The van der Waals surface area contributed by atoms with Crippen molar-refractivity contribution in [2.45, 2.75) is 57.0 Å². The molecule has 6 nitrogen and oxygen atoms in total. The summed E-state index contributed by atoms with van der Waals surface area (Å²) in [5.74, 6) is 0.982. The molecule has 3 saturated carbocycles. The summed E-state index contributed by atoms with van der Waals surface area (Å²) < 4.78 is 42.3. The Labute approximate surface area is 191 Å². The third kappa shape index (κ3) is 4.32. The molecule has 1 N–H and O–H groups in total. The normalized spacial score (nSPS) is 25.2. The first-order chi connectivity index (χ1) is 15.6. The molecule has 3 fully saturated rings. The molecule has 176 valence electrons. The predicted molar refractivity (Wildman–Crippen MR) is 120 cm³/mol. The molecule has 5 rings (SSSR count). The minimum Gasteiger partial charge on any atom is -0.336 e. The number of rotatable bonds is 5. The highest BCUT2D eigenvalue weighted by Gasteiger charge is 2.51. The maximum absolute atomic E-state index is 13.5. The zero-order valence-corrected chi connectivity index (χ0v) is 18.9. The van der Waals surface area contributed by atoms with E-state index < -0.39 is 11.7 Å². The first-order valence-electron chi connectivity index (χ1n) is 11.1. The molecule has 0 saturated heterocycles. The third-order valence-electron chi connectivity index (χ3n) is 7.41. The van der Waals surface area contributed by atoms with Gasteiger partial charge in [0.05, 0.1) is 5.56 Å². The van der Waals surface area contributed by atoms with Gasteiger partial charge >= 0.3 is 12.2 Å². The number of halogens is 3. The number of aliphatic imine (C=N–C) groups is 1. The number of amides is 2. The first kappa shape index (κ1) is 23.2. The van der Waals surface area contributed by atoms with Crippen molar-refractivity contribution in [3.05, 3.63) is 48.3 Å². The summed E-state index contributed by atoms with van der Waals surface area (Å²) in [4.78, 5) is 16.0. The van der Waals surface area contributed by atoms with Crippen molar-refractivity contribution >= 4 is 11.7 Å². The summed E-state index contributed by atoms with van der Waals surface area (Å²) in [6.07, 6.45) is 2.42. The standard InChI is InChI=1S/C24H28F3N5O/c1-4-16(2)29-21(33)28-15-22-9-12-23(13-10-22,14-11-22)20-31-30-19(32(20)3)17-7-5-6-8-18(17)24(25,26)27/h4-8H,1,9-15H2,2-3H3,(H,28,33). The van der Waals surface area contributed by atoms with E-state index in [4.69, 9.17) is 0 Å². The third-order valence-corrected chi connectivity index (χ3v) is 7.41. The second kappa shape index (κ2) is 8.43. The van der Waals surface area contributed by atoms with Crippen molar-refractivity contribution in [1.82, 2.24) is 20.1 Å². The van der Waals surface area contributed by atoms with Crippen LogP contribution in [0.4, 0.5) is 18.0 Å². The summed E-state index contributed by atoms with van der Waals surface area (Å²) in [5, 5.41) is 11.5. The van der Waals surface area contributed by atoms with Crippen LogP contribution in [-0.2, 0) is 18.6 Å². The van der Waals surface area contributed by atoms with Crippen molar-refractivity contribution in [1.29, 1.82) is 0 Å². The smallest absolute Gasteiger partial charge is 0.336 e. The van der Waals surface area contributed by atoms with Crippen molar-refractivity contribution in [3.8, 4) is 11.4 Å². The Balaban J connectivity index is 1.52. The summed E-state index contributed by atoms with van der Waals surface area (Å²) in [6.45, 7) is 5.89. The van der Waals surface area contributed by atoms with E-state index in [0.717, 1.165) is 50.4 Å². The lowest BCUT2D eigenvalue weighted by Crippen LogP contribution is -2.49. The van der Waals surface area contributed by atoms with E-state index in [0.29, 0.717) is 12.3 Å². The van der Waals surface area contributed by atoms with Gasteiger partial charge in [0.15, 0.2) is 5.82 Å². The molecule has 2 amide bonds. The quantitative estimate of drug-likeness (QED) is 0.605. The molecule has 33 heavy (non-hydrogen) atoms. The van der Waals surface area contributed by atoms with Gasteiger partial charge in [0, 0.05) is 30.3 Å². The maximum atomic E-state index is 13.5. The van der Waals surface area contributed by atoms with Crippen LogP contribution >= 0.6 is 0 Å². The predicted octanol–water partition coefficient (Wildman–Crippen LogP) is 5.45. The van der Waals surface area contributed by atoms with Crippen LogP contribution in [0.3, 0.4) is 0 Å². The Bertz CT molecular complexity index is 1080. The summed E-state index contributed by atoms with van der Waals surface area (Å²) in [7, 11) is 1.75. The molecule has 9 heteroatoms. The molecule has 3 aliphatic rings. The lowest BCUT2D eigenvalue weighted by Gasteiger charge is -2.52. The van der Waals surface area contributed by atoms with Crippen molar-refractivity contribution in [3.63, 3.8) is 0 Å². The molecule has 0 aliphatic heterocycles. The second-order valence-electron chi connectivity index (χ2n) is 9.35. The fourth-order valence-corrected chi connectivity index (χ4v) is 5.32. The zero-order valence-electron chi connectivity index (χ0n) is 18.9. The van der Waals surface area contributed by atoms with Gasteiger partial charge in [0.25, 0.3) is 0 Å². The molecule has 1 aromatic carbocycles. The number of carbonyl (C=O) groups excluding carboxylic acids is 1. The van der Waals surface area contributed by atoms with Crippen LogP contribution < -0.4 is 5.32 Å². The molecule has 1 aromatic heterocycles. The lowest BCUT2D eigenvalue weighted by atomic mass is 9.53. The fraction of sp³-hybridized carbons (Fsp3) is 0.500. The topological polar surface area (TPSA) is 72.2 Å². The number of allylic oxidation sites excluding steroid dienone is 1. The van der Waals surface area contributed by atoms with E-state index >= 15 is 0 Å². The van der Waals surface area contributed by atoms with Crippen molar-refractivity contribution < 1.29 is 18.0 Å². The van der Waals surface area contributed by atoms with Gasteiger partial charge in [-0.15, -0.1) is 10.2 Å². The highest BCUT2D eigenvalue weighted by molar-refractivity contribution is 6.00. The van der Waals surface area contributed by atoms with Crippen LogP contribution in [0.5, 0.6) is 0 Å². The summed E-state index contributed by atoms with van der Waals surface area (Å²) in [6, 6.07) is 5.13. The van der Waals surface area contributed by atoms with Crippen LogP contribution in [0.25, 0.3) is 11.4 Å². The molecule has 0 radical (unpaired) electrons. The van der Waals surface area contributed by atoms with Gasteiger partial charge in [-0.25, -0.2) is 4.79 Å². The van der Waals surface area contributed by atoms with Crippen LogP contribution in [0.1, 0.15) is 56.8 Å². The number of carbonyl (C=O) groups is 1. The van der Waals surface area contributed by atoms with Crippen LogP contribution in [0.15, 0.2) is 41.9 Å². The molecular weight excluding hydrogens is 431 g/mol. The largest absolute Gasteiger partial charge is 0.417 e. The average molecular weight is 460 g/mol. The first-order valence-corrected chi connectivity index (χ1v) is 11.1. The Morgan fingerprint density at radius 2 is 1.82 bits per heavy atom. The minimum atomic E-state index is -4.46. The number of alkyl halides is 3. The molecule has 0 unspecified atom stereocenters. The lowest BCUT2D eigenvalue weighted by molar-refractivity contribution is -0.137. The van der Waals surface area contributed by atoms with Gasteiger partial charge in [-0.1, -0.05) is 24.8 Å². The van der Waals surface area contributed by atoms with Crippen LogP contribution in [0.2, 0.25) is 0 Å². The molecule has 1 heterocycles. The Morgan fingerprint density at radius 1 is 1.18 bits per heavy atom. The van der Waals surface area contributed by atoms with Gasteiger partial charge < -0.3 is 9.88 Å². The zero-order chi connectivity index (χ0) is 23.9. The Hall–Kier alpha value is -2.97. The average Bonchev–Trinajstić information content (AvgIpc) is 3.20. The minimum absolute atomic E-state index is 0.0271. The Morgan fingerprint density at radius 3 is 2.42 bits per heavy atom. The van der Waals surface area contributed by atoms with Gasteiger partial charge in [0.1, 0.15) is 5.82 Å². The number of hydrogen-bond acceptors (Lipinski definition) is 3. The van der Waals surface area contributed by atoms with Crippen molar-refractivity contribution in [2.75, 3.05) is 6.54 Å². The fourth-order valence-electron chi connectivity index (χ4n) is 5.32. The molecule has 2 aromatic rings. The molecular formula is C24H28F3N5O. The maximum Gasteiger partial charge on any atom is 0.417 e. The van der Waals surface area contributed by atoms with Gasteiger partial charge in [0.2, 0.25) is 0 Å². The number of benzene rings is 1. The monoisotopic (exact) mass is 459 g/mol. The van der Waals surface area contributed by atoms with Gasteiger partial charge in [-0.3, -0.25) is 0 Å². The number of nitrogens with one attached hydrogen (secondary N) is 1. The van der Waals surface area contributed by atoms with E-state index in [1.165, 1.54) is 18.2 Å². The number of hydrogen-bond donors (Lipinski definition) is 1. The number of aromatic nitrogens is 3. The number of urea groups is 1. The molecule has 0 spiro atoms. The highest BCUT2D eigenvalue weighted by atomic mass is 19.4. The second-order valence-corrected chi connectivity index (χ2v) is 9.35. The van der Waals surface area contributed by atoms with E-state index in [-0.39, 0.29) is 28.2 Å². The van der Waals surface area contributed by atoms with Crippen molar-refractivity contribution in [2.24, 2.45) is 17.5 Å². The molecule has 0 atom stereocenters. The summed E-state index contributed by atoms with van der Waals surface area (Å²) >= 11 is 0. The SMILES string of the molecule is C=CC(C)=NC(=O)NCC12CCC(c3nnc(-c4ccccc4C(F)(F)F)n3C)(CC1)CC2. The van der Waals surface area contributed by atoms with E-state index in [1.807, 2.05) is 0 Å². The number of nitrogens with zero attached hydrogens (tertiary/aromatic N) is 4. The van der Waals surface area contributed by atoms with E-state index in [2.05, 4.69) is 27.1 Å². The highest BCUT2D eigenvalue weighted by Crippen LogP contribution is 2.57. The molecule has 2 bridgehead atoms. The number of fused-ring (bicyclic) bond motifs is 3. The van der Waals surface area contributed by atoms with Gasteiger partial charge in [-0.05, 0) is 63.0 Å². The van der Waals surface area contributed by atoms with Crippen LogP contribution in [-0.4, -0.2) is 33.1 Å². The van der Waals surface area contributed by atoms with Crippen LogP contribution in [0, 0.1) is 5.41 Å². The van der Waals surface area contributed by atoms with Gasteiger partial charge in [-0.2, -0.15) is 18.2 Å². The molecule has 3 aliphatic carbocycles. The van der Waals surface area contributed by atoms with E-state index in [1.54, 1.807) is 24.6 Å². The Kier molecular flexibility index (Phi) is 5.92. The summed E-state index contributed by atoms with van der Waals surface area (Å²) in [5.41, 5.74) is -0.264. The van der Waals surface area contributed by atoms with E-state index in [9.17, 15) is 18.0 Å².